The minimum atomic E-state index is -1.05. The largest absolute Gasteiger partial charge is 0.310 e. The van der Waals surface area contributed by atoms with E-state index in [2.05, 4.69) is 17.2 Å². The number of halogens is 2. The summed E-state index contributed by atoms with van der Waals surface area (Å²) in [6.45, 7) is 2.06. The third-order valence-electron chi connectivity index (χ3n) is 5.15. The van der Waals surface area contributed by atoms with E-state index in [-0.39, 0.29) is 24.3 Å². The average molecular weight is 376 g/mol. The Labute approximate surface area is 155 Å². The summed E-state index contributed by atoms with van der Waals surface area (Å²) < 4.78 is 13.0. The molecular formula is C19H19ClFN3O2. The number of nitrogens with zero attached hydrogens (tertiary/aromatic N) is 2. The third kappa shape index (κ3) is 3.03. The molecule has 1 aliphatic carbocycles. The molecular weight excluding hydrogens is 357 g/mol. The number of alkyl halides is 1. The van der Waals surface area contributed by atoms with Gasteiger partial charge in [-0.1, -0.05) is 18.5 Å². The first-order chi connectivity index (χ1) is 12.5. The highest BCUT2D eigenvalue weighted by molar-refractivity contribution is 6.36. The van der Waals surface area contributed by atoms with Crippen molar-refractivity contribution in [3.05, 3.63) is 29.4 Å². The molecule has 3 atom stereocenters. The van der Waals surface area contributed by atoms with Crippen molar-refractivity contribution in [1.29, 1.82) is 0 Å². The number of amides is 2. The van der Waals surface area contributed by atoms with Crippen LogP contribution in [0.3, 0.4) is 0 Å². The molecule has 7 heteroatoms. The van der Waals surface area contributed by atoms with Gasteiger partial charge in [0, 0.05) is 29.7 Å². The molecule has 1 aromatic carbocycles. The Bertz CT molecular complexity index is 904. The monoisotopic (exact) mass is 375 g/mol. The van der Waals surface area contributed by atoms with Gasteiger partial charge in [-0.2, -0.15) is 0 Å². The van der Waals surface area contributed by atoms with E-state index in [1.807, 2.05) is 11.0 Å². The predicted molar refractivity (Wildman–Crippen MR) is 99.2 cm³/mol. The maximum atomic E-state index is 13.0. The summed E-state index contributed by atoms with van der Waals surface area (Å²) in [6, 6.07) is 5.56. The average Bonchev–Trinajstić information content (AvgIpc) is 3.22. The Hall–Kier alpha value is -2.21. The Balaban J connectivity index is 1.68. The summed E-state index contributed by atoms with van der Waals surface area (Å²) in [5, 5.41) is 4.67. The van der Waals surface area contributed by atoms with E-state index < -0.39 is 12.1 Å². The normalized spacial score (nSPS) is 25.0. The smallest absolute Gasteiger partial charge is 0.231 e. The van der Waals surface area contributed by atoms with Gasteiger partial charge in [-0.3, -0.25) is 9.59 Å². The number of carbonyl (C=O) groups excluding carboxylic acids is 2. The molecule has 0 bridgehead atoms. The molecule has 1 aromatic heterocycles. The van der Waals surface area contributed by atoms with Crippen molar-refractivity contribution in [1.82, 2.24) is 4.98 Å². The number of pyridine rings is 1. The molecule has 1 N–H and O–H groups in total. The molecule has 1 saturated heterocycles. The molecule has 2 aliphatic rings. The quantitative estimate of drug-likeness (QED) is 0.875. The van der Waals surface area contributed by atoms with Crippen molar-refractivity contribution in [3.8, 4) is 0 Å². The van der Waals surface area contributed by atoms with Crippen LogP contribution < -0.4 is 10.2 Å². The van der Waals surface area contributed by atoms with E-state index in [4.69, 9.17) is 11.6 Å². The molecule has 26 heavy (non-hydrogen) atoms. The first kappa shape index (κ1) is 17.2. The summed E-state index contributed by atoms with van der Waals surface area (Å²) >= 11 is 6.40. The van der Waals surface area contributed by atoms with Crippen molar-refractivity contribution in [2.75, 3.05) is 10.2 Å². The van der Waals surface area contributed by atoms with E-state index in [9.17, 15) is 14.0 Å². The van der Waals surface area contributed by atoms with E-state index in [1.165, 1.54) is 0 Å². The van der Waals surface area contributed by atoms with Crippen LogP contribution in [0.25, 0.3) is 10.8 Å². The van der Waals surface area contributed by atoms with Crippen molar-refractivity contribution >= 4 is 45.7 Å². The topological polar surface area (TPSA) is 62.3 Å². The predicted octanol–water partition coefficient (Wildman–Crippen LogP) is 4.09. The fourth-order valence-corrected chi connectivity index (χ4v) is 3.81. The number of anilines is 2. The Kier molecular flexibility index (Phi) is 4.31. The molecule has 136 valence electrons. The lowest BCUT2D eigenvalue weighted by molar-refractivity contribution is -0.118. The summed E-state index contributed by atoms with van der Waals surface area (Å²) in [4.78, 5) is 30.2. The summed E-state index contributed by atoms with van der Waals surface area (Å²) in [5.41, 5.74) is 0.756. The fraction of sp³-hybridized carbons (Fsp3) is 0.421. The molecule has 2 fully saturated rings. The SMILES string of the molecule is CCC1CCC(=O)N1c1cc(Cl)c2cnc(NC(=O)[C@@H]3C[C@@H]3F)cc2c1. The molecule has 1 unspecified atom stereocenters. The number of carbonyl (C=O) groups is 2. The lowest BCUT2D eigenvalue weighted by Crippen LogP contribution is -2.32. The second-order valence-electron chi connectivity index (χ2n) is 6.93. The molecule has 2 heterocycles. The lowest BCUT2D eigenvalue weighted by Gasteiger charge is -2.24. The third-order valence-corrected chi connectivity index (χ3v) is 5.46. The second kappa shape index (κ2) is 6.50. The van der Waals surface area contributed by atoms with Gasteiger partial charge in [0.25, 0.3) is 0 Å². The molecule has 0 radical (unpaired) electrons. The maximum Gasteiger partial charge on any atom is 0.231 e. The van der Waals surface area contributed by atoms with Crippen LogP contribution in [0.15, 0.2) is 24.4 Å². The van der Waals surface area contributed by atoms with Crippen LogP contribution in [0.2, 0.25) is 5.02 Å². The van der Waals surface area contributed by atoms with Gasteiger partial charge in [0.2, 0.25) is 11.8 Å². The van der Waals surface area contributed by atoms with Gasteiger partial charge in [-0.25, -0.2) is 9.37 Å². The number of fused-ring (bicyclic) bond motifs is 1. The Morgan fingerprint density at radius 2 is 2.19 bits per heavy atom. The number of hydrogen-bond acceptors (Lipinski definition) is 3. The van der Waals surface area contributed by atoms with Crippen LogP contribution >= 0.6 is 11.6 Å². The van der Waals surface area contributed by atoms with Gasteiger partial charge < -0.3 is 10.2 Å². The molecule has 5 nitrogen and oxygen atoms in total. The van der Waals surface area contributed by atoms with Crippen LogP contribution in [0.5, 0.6) is 0 Å². The van der Waals surface area contributed by atoms with E-state index in [0.29, 0.717) is 17.3 Å². The molecule has 1 aliphatic heterocycles. The number of benzene rings is 1. The molecule has 2 aromatic rings. The standard InChI is InChI=1S/C19H19ClFN3O2/c1-2-11-3-4-18(25)24(11)12-5-10-6-17(22-9-14(10)15(20)7-12)23-19(26)13-8-16(13)21/h5-7,9,11,13,16H,2-4,8H2,1H3,(H,22,23,26)/t11?,13-,16+/m1/s1. The molecule has 1 saturated carbocycles. The summed E-state index contributed by atoms with van der Waals surface area (Å²) in [6.07, 6.45) is 3.06. The van der Waals surface area contributed by atoms with Gasteiger partial charge in [-0.05, 0) is 42.8 Å². The Morgan fingerprint density at radius 1 is 1.42 bits per heavy atom. The molecule has 2 amide bonds. The van der Waals surface area contributed by atoms with Gasteiger partial charge in [-0.15, -0.1) is 0 Å². The second-order valence-corrected chi connectivity index (χ2v) is 7.34. The van der Waals surface area contributed by atoms with Crippen molar-refractivity contribution in [3.63, 3.8) is 0 Å². The highest BCUT2D eigenvalue weighted by Crippen LogP contribution is 2.36. The molecule has 4 rings (SSSR count). The van der Waals surface area contributed by atoms with Crippen LogP contribution in [0.4, 0.5) is 15.9 Å². The van der Waals surface area contributed by atoms with Gasteiger partial charge in [0.1, 0.15) is 12.0 Å². The molecule has 0 spiro atoms. The highest BCUT2D eigenvalue weighted by atomic mass is 35.5. The van der Waals surface area contributed by atoms with Crippen LogP contribution in [0, 0.1) is 5.92 Å². The van der Waals surface area contributed by atoms with E-state index in [0.717, 1.165) is 29.3 Å². The number of nitrogens with one attached hydrogen (secondary N) is 1. The number of aromatic nitrogens is 1. The van der Waals surface area contributed by atoms with Gasteiger partial charge in [0.05, 0.1) is 10.9 Å². The minimum absolute atomic E-state index is 0.0950. The van der Waals surface area contributed by atoms with Crippen molar-refractivity contribution in [2.24, 2.45) is 5.92 Å². The highest BCUT2D eigenvalue weighted by Gasteiger charge is 2.43. The minimum Gasteiger partial charge on any atom is -0.310 e. The van der Waals surface area contributed by atoms with Crippen LogP contribution in [0.1, 0.15) is 32.6 Å². The number of hydrogen-bond donors (Lipinski definition) is 1. The first-order valence-corrected chi connectivity index (χ1v) is 9.22. The maximum absolute atomic E-state index is 13.0. The van der Waals surface area contributed by atoms with E-state index in [1.54, 1.807) is 18.3 Å². The van der Waals surface area contributed by atoms with Gasteiger partial charge >= 0.3 is 0 Å². The lowest BCUT2D eigenvalue weighted by atomic mass is 10.1. The summed E-state index contributed by atoms with van der Waals surface area (Å²) in [7, 11) is 0. The van der Waals surface area contributed by atoms with Gasteiger partial charge in [0.15, 0.2) is 0 Å². The summed E-state index contributed by atoms with van der Waals surface area (Å²) in [5.74, 6) is -0.477. The van der Waals surface area contributed by atoms with E-state index >= 15 is 0 Å². The van der Waals surface area contributed by atoms with Crippen LogP contribution in [-0.4, -0.2) is 29.0 Å². The van der Waals surface area contributed by atoms with Crippen molar-refractivity contribution < 1.29 is 14.0 Å². The Morgan fingerprint density at radius 3 is 2.88 bits per heavy atom. The zero-order valence-electron chi connectivity index (χ0n) is 14.3. The first-order valence-electron chi connectivity index (χ1n) is 8.84. The number of rotatable bonds is 4. The van der Waals surface area contributed by atoms with Crippen molar-refractivity contribution in [2.45, 2.75) is 44.8 Å². The zero-order chi connectivity index (χ0) is 18.4. The fourth-order valence-electron chi connectivity index (χ4n) is 3.54. The zero-order valence-corrected chi connectivity index (χ0v) is 15.1. The van der Waals surface area contributed by atoms with Crippen LogP contribution in [-0.2, 0) is 9.59 Å².